The van der Waals surface area contributed by atoms with Crippen LogP contribution in [0.25, 0.3) is 0 Å². The lowest BCUT2D eigenvalue weighted by Crippen LogP contribution is -2.37. The van der Waals surface area contributed by atoms with Crippen LogP contribution in [0.15, 0.2) is 35.0 Å². The van der Waals surface area contributed by atoms with E-state index in [4.69, 9.17) is 16.7 Å². The summed E-state index contributed by atoms with van der Waals surface area (Å²) in [6.07, 6.45) is 0.618. The van der Waals surface area contributed by atoms with Gasteiger partial charge in [-0.1, -0.05) is 42.8 Å². The van der Waals surface area contributed by atoms with E-state index in [0.717, 1.165) is 0 Å². The third kappa shape index (κ3) is 2.41. The molecule has 5 heteroatoms. The summed E-state index contributed by atoms with van der Waals surface area (Å²) in [6, 6.07) is 6.27. The van der Waals surface area contributed by atoms with Gasteiger partial charge in [0.1, 0.15) is 10.7 Å². The molecule has 1 aromatic rings. The Morgan fingerprint density at radius 3 is 2.32 bits per heavy atom. The second-order valence-electron chi connectivity index (χ2n) is 4.32. The number of fused-ring (bicyclic) bond motifs is 1. The lowest BCUT2D eigenvalue weighted by Gasteiger charge is -2.22. The van der Waals surface area contributed by atoms with Crippen LogP contribution in [-0.4, -0.2) is 29.3 Å². The van der Waals surface area contributed by atoms with Crippen LogP contribution in [-0.2, 0) is 0 Å². The smallest absolute Gasteiger partial charge is 0.211 e. The molecule has 1 atom stereocenters. The summed E-state index contributed by atoms with van der Waals surface area (Å²) >= 11 is 5.98. The lowest BCUT2D eigenvalue weighted by molar-refractivity contribution is 0.0970. The van der Waals surface area contributed by atoms with Crippen molar-refractivity contribution in [2.45, 2.75) is 19.4 Å². The molecule has 0 amide bonds. The quantitative estimate of drug-likeness (QED) is 0.883. The van der Waals surface area contributed by atoms with Crippen molar-refractivity contribution in [1.82, 2.24) is 5.32 Å². The van der Waals surface area contributed by atoms with Gasteiger partial charge in [-0.05, 0) is 6.42 Å². The van der Waals surface area contributed by atoms with Gasteiger partial charge in [0.25, 0.3) is 0 Å². The standard InChI is InChI=1S/C14H14ClNO3/c1-2-8(7-17)16-12-11(15)13(18)9-5-3-4-6-10(9)14(12)19/h3-6,8,16-17H,2,7H2,1H3. The Kier molecular flexibility index (Phi) is 4.02. The predicted molar refractivity (Wildman–Crippen MR) is 72.3 cm³/mol. The zero-order valence-corrected chi connectivity index (χ0v) is 11.2. The number of benzene rings is 1. The highest BCUT2D eigenvalue weighted by Crippen LogP contribution is 2.27. The first-order valence-corrected chi connectivity index (χ1v) is 6.43. The molecule has 0 aromatic heterocycles. The minimum atomic E-state index is -0.368. The van der Waals surface area contributed by atoms with E-state index in [1.165, 1.54) is 0 Å². The molecule has 0 radical (unpaired) electrons. The number of hydrogen-bond donors (Lipinski definition) is 2. The van der Waals surface area contributed by atoms with Gasteiger partial charge in [-0.2, -0.15) is 0 Å². The van der Waals surface area contributed by atoms with Crippen LogP contribution in [0.3, 0.4) is 0 Å². The fraction of sp³-hybridized carbons (Fsp3) is 0.286. The molecule has 0 aliphatic heterocycles. The van der Waals surface area contributed by atoms with E-state index in [-0.39, 0.29) is 34.9 Å². The Bertz CT molecular complexity index is 562. The third-order valence-corrected chi connectivity index (χ3v) is 3.48. The van der Waals surface area contributed by atoms with Crippen molar-refractivity contribution in [2.75, 3.05) is 6.61 Å². The number of aliphatic hydroxyl groups is 1. The van der Waals surface area contributed by atoms with Gasteiger partial charge < -0.3 is 10.4 Å². The molecule has 0 saturated heterocycles. The van der Waals surface area contributed by atoms with Gasteiger partial charge in [0.05, 0.1) is 6.61 Å². The molecule has 1 aromatic carbocycles. The highest BCUT2D eigenvalue weighted by Gasteiger charge is 2.31. The molecule has 100 valence electrons. The fourth-order valence-electron chi connectivity index (χ4n) is 1.96. The number of hydrogen-bond acceptors (Lipinski definition) is 4. The monoisotopic (exact) mass is 279 g/mol. The first kappa shape index (κ1) is 13.8. The van der Waals surface area contributed by atoms with Crippen molar-refractivity contribution in [3.63, 3.8) is 0 Å². The van der Waals surface area contributed by atoms with Gasteiger partial charge in [0.2, 0.25) is 11.6 Å². The number of ketones is 2. The van der Waals surface area contributed by atoms with Crippen LogP contribution >= 0.6 is 11.6 Å². The minimum Gasteiger partial charge on any atom is -0.394 e. The van der Waals surface area contributed by atoms with Crippen LogP contribution < -0.4 is 5.32 Å². The molecule has 0 heterocycles. The summed E-state index contributed by atoms with van der Waals surface area (Å²) in [5.41, 5.74) is 0.735. The molecule has 1 aliphatic carbocycles. The second-order valence-corrected chi connectivity index (χ2v) is 4.70. The normalized spacial score (nSPS) is 16.4. The summed E-state index contributed by atoms with van der Waals surface area (Å²) in [6.45, 7) is 1.73. The Balaban J connectivity index is 2.43. The molecule has 1 aliphatic rings. The highest BCUT2D eigenvalue weighted by molar-refractivity contribution is 6.49. The van der Waals surface area contributed by atoms with Crippen molar-refractivity contribution >= 4 is 23.2 Å². The Morgan fingerprint density at radius 2 is 1.79 bits per heavy atom. The number of allylic oxidation sites excluding steroid dienone is 2. The highest BCUT2D eigenvalue weighted by atomic mass is 35.5. The van der Waals surface area contributed by atoms with E-state index in [0.29, 0.717) is 17.5 Å². The Labute approximate surface area is 116 Å². The Morgan fingerprint density at radius 1 is 1.21 bits per heavy atom. The molecule has 4 nitrogen and oxygen atoms in total. The van der Waals surface area contributed by atoms with Crippen molar-refractivity contribution in [3.8, 4) is 0 Å². The van der Waals surface area contributed by atoms with E-state index in [1.54, 1.807) is 24.3 Å². The van der Waals surface area contributed by atoms with Gasteiger partial charge in [0.15, 0.2) is 0 Å². The van der Waals surface area contributed by atoms with Crippen LogP contribution in [0.2, 0.25) is 0 Å². The van der Waals surface area contributed by atoms with Gasteiger partial charge in [-0.25, -0.2) is 0 Å². The van der Waals surface area contributed by atoms with Crippen molar-refractivity contribution in [3.05, 3.63) is 46.1 Å². The topological polar surface area (TPSA) is 66.4 Å². The maximum atomic E-state index is 12.3. The van der Waals surface area contributed by atoms with E-state index in [1.807, 2.05) is 6.92 Å². The first-order chi connectivity index (χ1) is 9.10. The third-order valence-electron chi connectivity index (χ3n) is 3.12. The fourth-order valence-corrected chi connectivity index (χ4v) is 2.20. The summed E-state index contributed by atoms with van der Waals surface area (Å²) in [5, 5.41) is 11.9. The molecule has 0 saturated carbocycles. The minimum absolute atomic E-state index is 0.0752. The maximum Gasteiger partial charge on any atom is 0.211 e. The van der Waals surface area contributed by atoms with Crippen LogP contribution in [0.1, 0.15) is 34.1 Å². The van der Waals surface area contributed by atoms with Gasteiger partial charge >= 0.3 is 0 Å². The first-order valence-electron chi connectivity index (χ1n) is 6.05. The largest absolute Gasteiger partial charge is 0.394 e. The zero-order valence-electron chi connectivity index (χ0n) is 10.4. The number of carbonyl (C=O) groups excluding carboxylic acids is 2. The van der Waals surface area contributed by atoms with Crippen LogP contribution in [0.4, 0.5) is 0 Å². The number of nitrogens with one attached hydrogen (secondary N) is 1. The molecular weight excluding hydrogens is 266 g/mol. The van der Waals surface area contributed by atoms with Crippen LogP contribution in [0, 0.1) is 0 Å². The SMILES string of the molecule is CCC(CO)NC1=C(Cl)C(=O)c2ccccc2C1=O. The number of halogens is 1. The molecule has 2 rings (SSSR count). The average molecular weight is 280 g/mol. The second kappa shape index (κ2) is 5.55. The van der Waals surface area contributed by atoms with E-state index >= 15 is 0 Å². The van der Waals surface area contributed by atoms with Crippen LogP contribution in [0.5, 0.6) is 0 Å². The van der Waals surface area contributed by atoms with Crippen molar-refractivity contribution in [2.24, 2.45) is 0 Å². The molecule has 19 heavy (non-hydrogen) atoms. The van der Waals surface area contributed by atoms with Crippen molar-refractivity contribution < 1.29 is 14.7 Å². The van der Waals surface area contributed by atoms with Gasteiger partial charge in [0, 0.05) is 17.2 Å². The number of rotatable bonds is 4. The Hall–Kier alpha value is -1.65. The predicted octanol–water partition coefficient (Wildman–Crippen LogP) is 1.88. The summed E-state index contributed by atoms with van der Waals surface area (Å²) in [7, 11) is 0. The molecule has 2 N–H and O–H groups in total. The summed E-state index contributed by atoms with van der Waals surface area (Å²) < 4.78 is 0. The van der Waals surface area contributed by atoms with Crippen molar-refractivity contribution in [1.29, 1.82) is 0 Å². The maximum absolute atomic E-state index is 12.3. The summed E-state index contributed by atoms with van der Waals surface area (Å²) in [4.78, 5) is 24.4. The van der Waals surface area contributed by atoms with E-state index < -0.39 is 0 Å². The summed E-state index contributed by atoms with van der Waals surface area (Å²) in [5.74, 6) is -0.681. The molecule has 0 bridgehead atoms. The number of Topliss-reactive ketones (excluding diaryl/α,β-unsaturated/α-hetero) is 2. The lowest BCUT2D eigenvalue weighted by atomic mass is 9.92. The number of carbonyl (C=O) groups is 2. The molecular formula is C14H14ClNO3. The average Bonchev–Trinajstić information content (AvgIpc) is 2.45. The van der Waals surface area contributed by atoms with Gasteiger partial charge in [-0.3, -0.25) is 9.59 Å². The van der Waals surface area contributed by atoms with E-state index in [2.05, 4.69) is 5.32 Å². The number of aliphatic hydroxyl groups excluding tert-OH is 1. The molecule has 0 spiro atoms. The molecule has 1 unspecified atom stereocenters. The van der Waals surface area contributed by atoms with E-state index in [9.17, 15) is 9.59 Å². The van der Waals surface area contributed by atoms with Gasteiger partial charge in [-0.15, -0.1) is 0 Å². The zero-order chi connectivity index (χ0) is 14.0. The molecule has 0 fully saturated rings.